The van der Waals surface area contributed by atoms with Crippen molar-refractivity contribution in [1.82, 2.24) is 14.3 Å². The van der Waals surface area contributed by atoms with Crippen LogP contribution in [0.3, 0.4) is 0 Å². The molecule has 0 N–H and O–H groups in total. The number of benzene rings is 1. The maximum Gasteiger partial charge on any atom is 0.416 e. The Morgan fingerprint density at radius 1 is 1.19 bits per heavy atom. The van der Waals surface area contributed by atoms with Crippen LogP contribution in [0.5, 0.6) is 0 Å². The highest BCUT2D eigenvalue weighted by Gasteiger charge is 2.33. The number of nitriles is 1. The van der Waals surface area contributed by atoms with Crippen molar-refractivity contribution < 1.29 is 18.0 Å². The van der Waals surface area contributed by atoms with Gasteiger partial charge in [-0.1, -0.05) is 23.2 Å². The summed E-state index contributed by atoms with van der Waals surface area (Å²) in [7, 11) is 0. The molecule has 0 bridgehead atoms. The van der Waals surface area contributed by atoms with Crippen LogP contribution in [0.15, 0.2) is 36.7 Å². The number of hydrogen-bond donors (Lipinski definition) is 0. The van der Waals surface area contributed by atoms with Crippen LogP contribution >= 0.6 is 45.8 Å². The average Bonchev–Trinajstić information content (AvgIpc) is 3.21. The van der Waals surface area contributed by atoms with Crippen LogP contribution < -0.4 is 0 Å². The van der Waals surface area contributed by atoms with Crippen LogP contribution in [0.4, 0.5) is 13.2 Å². The van der Waals surface area contributed by atoms with Crippen LogP contribution in [0, 0.1) is 14.9 Å². The molecule has 2 heterocycles. The van der Waals surface area contributed by atoms with Crippen LogP contribution in [0.1, 0.15) is 21.7 Å². The van der Waals surface area contributed by atoms with E-state index in [1.165, 1.54) is 17.0 Å². The standard InChI is InChI=1S/C16H6Cl2F3IN4O/c17-9-5-8(16(19,20)21)6-10(18)13(9)26-14(12(22)11(7-23)24-26)15(27)25-3-1-2-4-25/h1-6H. The first kappa shape index (κ1) is 19.7. The molecule has 0 fully saturated rings. The fraction of sp³-hybridized carbons (Fsp3) is 0.0625. The third-order valence-corrected chi connectivity index (χ3v) is 5.13. The lowest BCUT2D eigenvalue weighted by Gasteiger charge is -2.14. The number of aromatic nitrogens is 3. The van der Waals surface area contributed by atoms with Gasteiger partial charge in [-0.3, -0.25) is 9.36 Å². The minimum absolute atomic E-state index is 0.0492. The van der Waals surface area contributed by atoms with Gasteiger partial charge in [0.1, 0.15) is 17.5 Å². The van der Waals surface area contributed by atoms with Crippen LogP contribution in [0.25, 0.3) is 5.69 Å². The molecular formula is C16H6Cl2F3IN4O. The molecule has 0 amide bonds. The minimum Gasteiger partial charge on any atom is -0.289 e. The fourth-order valence-electron chi connectivity index (χ4n) is 2.34. The van der Waals surface area contributed by atoms with Crippen molar-refractivity contribution in [2.24, 2.45) is 0 Å². The summed E-state index contributed by atoms with van der Waals surface area (Å²) >= 11 is 13.8. The molecule has 0 aliphatic heterocycles. The predicted molar refractivity (Wildman–Crippen MR) is 100 cm³/mol. The van der Waals surface area contributed by atoms with Crippen LogP contribution in [-0.4, -0.2) is 20.3 Å². The lowest BCUT2D eigenvalue weighted by molar-refractivity contribution is -0.137. The first-order valence-electron chi connectivity index (χ1n) is 7.08. The highest BCUT2D eigenvalue weighted by Crippen LogP contribution is 2.38. The number of hydrogen-bond acceptors (Lipinski definition) is 3. The van der Waals surface area contributed by atoms with Crippen molar-refractivity contribution in [1.29, 1.82) is 5.26 Å². The van der Waals surface area contributed by atoms with E-state index in [0.29, 0.717) is 12.1 Å². The van der Waals surface area contributed by atoms with Crippen LogP contribution in [0.2, 0.25) is 10.0 Å². The molecule has 3 aromatic rings. The van der Waals surface area contributed by atoms with Crippen molar-refractivity contribution in [3.05, 3.63) is 67.2 Å². The van der Waals surface area contributed by atoms with E-state index >= 15 is 0 Å². The van der Waals surface area contributed by atoms with Crippen molar-refractivity contribution in [2.45, 2.75) is 6.18 Å². The van der Waals surface area contributed by atoms with Gasteiger partial charge >= 0.3 is 6.18 Å². The van der Waals surface area contributed by atoms with Gasteiger partial charge in [0.2, 0.25) is 0 Å². The number of carbonyl (C=O) groups is 1. The molecule has 0 spiro atoms. The minimum atomic E-state index is -4.65. The zero-order valence-electron chi connectivity index (χ0n) is 12.9. The Hall–Kier alpha value is -2.03. The SMILES string of the molecule is N#Cc1nn(-c2c(Cl)cc(C(F)(F)F)cc2Cl)c(C(=O)n2cccc2)c1I. The van der Waals surface area contributed by atoms with E-state index in [0.717, 1.165) is 4.68 Å². The van der Waals surface area contributed by atoms with Crippen molar-refractivity contribution >= 4 is 51.7 Å². The monoisotopic (exact) mass is 524 g/mol. The molecule has 0 aliphatic rings. The molecule has 0 atom stereocenters. The number of alkyl halides is 3. The van der Waals surface area contributed by atoms with Crippen molar-refractivity contribution in [3.8, 4) is 11.8 Å². The quantitative estimate of drug-likeness (QED) is 0.435. The Labute approximate surface area is 174 Å². The molecule has 11 heteroatoms. The Kier molecular flexibility index (Phi) is 5.24. The summed E-state index contributed by atoms with van der Waals surface area (Å²) < 4.78 is 41.3. The summed E-state index contributed by atoms with van der Waals surface area (Å²) in [6.07, 6.45) is -1.68. The number of halogens is 6. The van der Waals surface area contributed by atoms with Gasteiger partial charge in [-0.15, -0.1) is 0 Å². The van der Waals surface area contributed by atoms with Gasteiger partial charge in [0.25, 0.3) is 5.91 Å². The highest BCUT2D eigenvalue weighted by atomic mass is 127. The first-order chi connectivity index (χ1) is 12.6. The van der Waals surface area contributed by atoms with Gasteiger partial charge < -0.3 is 0 Å². The molecule has 3 rings (SSSR count). The second-order valence-electron chi connectivity index (χ2n) is 5.22. The van der Waals surface area contributed by atoms with Gasteiger partial charge in [-0.05, 0) is 46.9 Å². The third kappa shape index (κ3) is 3.56. The molecule has 0 unspecified atom stereocenters. The van der Waals surface area contributed by atoms with Gasteiger partial charge in [0.15, 0.2) is 5.69 Å². The van der Waals surface area contributed by atoms with Gasteiger partial charge in [-0.2, -0.15) is 23.5 Å². The summed E-state index contributed by atoms with van der Waals surface area (Å²) in [5, 5.41) is 12.5. The first-order valence-corrected chi connectivity index (χ1v) is 8.91. The maximum absolute atomic E-state index is 13.0. The summed E-state index contributed by atoms with van der Waals surface area (Å²) in [5.74, 6) is -0.551. The maximum atomic E-state index is 13.0. The largest absolute Gasteiger partial charge is 0.416 e. The molecule has 138 valence electrons. The fourth-order valence-corrected chi connectivity index (χ4v) is 3.68. The lowest BCUT2D eigenvalue weighted by atomic mass is 10.2. The van der Waals surface area contributed by atoms with E-state index in [4.69, 9.17) is 23.2 Å². The molecule has 0 saturated heterocycles. The zero-order valence-corrected chi connectivity index (χ0v) is 16.6. The molecule has 27 heavy (non-hydrogen) atoms. The third-order valence-electron chi connectivity index (χ3n) is 3.53. The smallest absolute Gasteiger partial charge is 0.289 e. The normalized spacial score (nSPS) is 11.4. The van der Waals surface area contributed by atoms with E-state index in [1.54, 1.807) is 34.7 Å². The van der Waals surface area contributed by atoms with Crippen LogP contribution in [-0.2, 0) is 6.18 Å². The van der Waals surface area contributed by atoms with Crippen molar-refractivity contribution in [3.63, 3.8) is 0 Å². The lowest BCUT2D eigenvalue weighted by Crippen LogP contribution is -2.17. The van der Waals surface area contributed by atoms with Gasteiger partial charge in [-0.25, -0.2) is 4.68 Å². The summed E-state index contributed by atoms with van der Waals surface area (Å²) in [4.78, 5) is 12.8. The Balaban J connectivity index is 2.27. The highest BCUT2D eigenvalue weighted by molar-refractivity contribution is 14.1. The summed E-state index contributed by atoms with van der Waals surface area (Å²) in [5.41, 5.74) is -1.30. The van der Waals surface area contributed by atoms with Crippen molar-refractivity contribution in [2.75, 3.05) is 0 Å². The average molecular weight is 525 g/mol. The van der Waals surface area contributed by atoms with E-state index in [9.17, 15) is 23.2 Å². The number of rotatable bonds is 2. The molecular weight excluding hydrogens is 519 g/mol. The molecule has 5 nitrogen and oxygen atoms in total. The number of carbonyl (C=O) groups excluding carboxylic acids is 1. The van der Waals surface area contributed by atoms with Gasteiger partial charge in [0.05, 0.1) is 19.2 Å². The second-order valence-corrected chi connectivity index (χ2v) is 7.11. The molecule has 0 saturated carbocycles. The summed E-state index contributed by atoms with van der Waals surface area (Å²) in [6.45, 7) is 0. The second kappa shape index (κ2) is 7.18. The Bertz CT molecular complexity index is 1060. The summed E-state index contributed by atoms with van der Waals surface area (Å²) in [6, 6.07) is 6.45. The number of nitrogens with zero attached hydrogens (tertiary/aromatic N) is 4. The molecule has 0 aliphatic carbocycles. The van der Waals surface area contributed by atoms with E-state index in [1.807, 2.05) is 6.07 Å². The van der Waals surface area contributed by atoms with E-state index in [-0.39, 0.29) is 30.7 Å². The Morgan fingerprint density at radius 3 is 2.22 bits per heavy atom. The molecule has 2 aromatic heterocycles. The van der Waals surface area contributed by atoms with E-state index in [2.05, 4.69) is 5.10 Å². The topological polar surface area (TPSA) is 63.6 Å². The molecule has 1 aromatic carbocycles. The van der Waals surface area contributed by atoms with Gasteiger partial charge in [0, 0.05) is 12.4 Å². The molecule has 0 radical (unpaired) electrons. The zero-order chi connectivity index (χ0) is 19.9. The Morgan fingerprint density at radius 2 is 1.74 bits per heavy atom. The van der Waals surface area contributed by atoms with E-state index < -0.39 is 17.6 Å². The predicted octanol–water partition coefficient (Wildman–Crippen LogP) is 5.16.